The number of anilines is 1. The van der Waals surface area contributed by atoms with Crippen LogP contribution in [0.2, 0.25) is 0 Å². The Hall–Kier alpha value is -4.66. The van der Waals surface area contributed by atoms with Crippen LogP contribution in [0.25, 0.3) is 33.9 Å². The molecule has 0 fully saturated rings. The van der Waals surface area contributed by atoms with E-state index < -0.39 is 0 Å². The molecule has 1 N–H and O–H groups in total. The lowest BCUT2D eigenvalue weighted by molar-refractivity contribution is -0.116. The molecule has 0 atom stereocenters. The minimum absolute atomic E-state index is 0.00817. The third kappa shape index (κ3) is 4.75. The Morgan fingerprint density at radius 3 is 2.41 bits per heavy atom. The normalized spacial score (nSPS) is 11.2. The van der Waals surface area contributed by atoms with Crippen molar-refractivity contribution in [2.45, 2.75) is 34.2 Å². The van der Waals surface area contributed by atoms with Gasteiger partial charge in [-0.1, -0.05) is 22.9 Å². The maximum absolute atomic E-state index is 13.3. The highest BCUT2D eigenvalue weighted by Gasteiger charge is 2.20. The van der Waals surface area contributed by atoms with E-state index in [1.54, 1.807) is 16.7 Å². The summed E-state index contributed by atoms with van der Waals surface area (Å²) in [6, 6.07) is 13.0. The predicted molar refractivity (Wildman–Crippen MR) is 139 cm³/mol. The highest BCUT2D eigenvalue weighted by atomic mass is 19.1. The monoisotopic (exact) mass is 497 g/mol. The highest BCUT2D eigenvalue weighted by Crippen LogP contribution is 2.24. The van der Waals surface area contributed by atoms with Crippen molar-refractivity contribution in [3.63, 3.8) is 0 Å². The number of amides is 1. The fourth-order valence-electron chi connectivity index (χ4n) is 4.39. The number of hydrogen-bond donors (Lipinski definition) is 1. The largest absolute Gasteiger partial charge is 0.333 e. The molecule has 0 unspecified atom stereocenters. The second kappa shape index (κ2) is 9.42. The topological polar surface area (TPSA) is 103 Å². The molecule has 8 nitrogen and oxygen atoms in total. The van der Waals surface area contributed by atoms with Gasteiger partial charge in [0, 0.05) is 23.1 Å². The van der Waals surface area contributed by atoms with E-state index in [1.807, 2.05) is 39.8 Å². The van der Waals surface area contributed by atoms with E-state index in [0.717, 1.165) is 22.4 Å². The van der Waals surface area contributed by atoms with Gasteiger partial charge in [0.2, 0.25) is 17.2 Å². The molecule has 186 valence electrons. The first-order valence-electron chi connectivity index (χ1n) is 11.7. The van der Waals surface area contributed by atoms with Crippen molar-refractivity contribution in [2.24, 2.45) is 0 Å². The molecule has 3 heterocycles. The summed E-state index contributed by atoms with van der Waals surface area (Å²) in [6.45, 7) is 7.62. The fourth-order valence-corrected chi connectivity index (χ4v) is 4.39. The molecule has 0 bridgehead atoms. The number of aromatic nitrogens is 4. The molecule has 0 radical (unpaired) electrons. The molecule has 2 aromatic carbocycles. The van der Waals surface area contributed by atoms with Gasteiger partial charge in [0.15, 0.2) is 0 Å². The number of nitrogens with zero attached hydrogens (tertiary/aromatic N) is 4. The number of halogens is 1. The number of pyridine rings is 2. The predicted octanol–water partition coefficient (Wildman–Crippen LogP) is 5.12. The Balaban J connectivity index is 1.55. The Bertz CT molecular complexity index is 1700. The van der Waals surface area contributed by atoms with Gasteiger partial charge >= 0.3 is 0 Å². The van der Waals surface area contributed by atoms with Gasteiger partial charge in [0.05, 0.1) is 5.39 Å². The van der Waals surface area contributed by atoms with Crippen LogP contribution in [0.5, 0.6) is 0 Å². The summed E-state index contributed by atoms with van der Waals surface area (Å²) in [4.78, 5) is 35.3. The number of hydrogen-bond acceptors (Lipinski definition) is 6. The third-order valence-electron chi connectivity index (χ3n) is 6.07. The van der Waals surface area contributed by atoms with Crippen molar-refractivity contribution in [3.8, 4) is 22.8 Å². The summed E-state index contributed by atoms with van der Waals surface area (Å²) in [5, 5.41) is 7.26. The zero-order chi connectivity index (χ0) is 26.3. The first-order chi connectivity index (χ1) is 17.7. The first-order valence-corrected chi connectivity index (χ1v) is 11.7. The van der Waals surface area contributed by atoms with Crippen molar-refractivity contribution in [3.05, 3.63) is 93.2 Å². The van der Waals surface area contributed by atoms with Gasteiger partial charge in [-0.2, -0.15) is 4.98 Å². The molecular formula is C28H24FN5O3. The maximum atomic E-state index is 13.3. The Morgan fingerprint density at radius 2 is 1.70 bits per heavy atom. The number of benzene rings is 2. The molecule has 0 aliphatic carbocycles. The van der Waals surface area contributed by atoms with Gasteiger partial charge in [-0.25, -0.2) is 9.37 Å². The van der Waals surface area contributed by atoms with Crippen LogP contribution in [-0.4, -0.2) is 25.6 Å². The Kier molecular flexibility index (Phi) is 6.12. The van der Waals surface area contributed by atoms with Gasteiger partial charge in [-0.3, -0.25) is 9.59 Å². The second-order valence-electron chi connectivity index (χ2n) is 9.08. The summed E-state index contributed by atoms with van der Waals surface area (Å²) in [5.41, 5.74) is 5.20. The van der Waals surface area contributed by atoms with Crippen LogP contribution >= 0.6 is 0 Å². The number of aryl methyl sites for hydroxylation is 4. The van der Waals surface area contributed by atoms with E-state index in [9.17, 15) is 14.0 Å². The molecule has 0 aliphatic heterocycles. The van der Waals surface area contributed by atoms with Crippen molar-refractivity contribution in [2.75, 3.05) is 5.32 Å². The summed E-state index contributed by atoms with van der Waals surface area (Å²) in [6.07, 6.45) is 1.51. The van der Waals surface area contributed by atoms with Crippen LogP contribution in [0.1, 0.15) is 22.4 Å². The molecule has 0 saturated carbocycles. The van der Waals surface area contributed by atoms with Crippen LogP contribution in [0, 0.1) is 33.5 Å². The molecule has 37 heavy (non-hydrogen) atoms. The van der Waals surface area contributed by atoms with Crippen molar-refractivity contribution >= 4 is 22.6 Å². The molecule has 0 saturated heterocycles. The first kappa shape index (κ1) is 24.1. The van der Waals surface area contributed by atoms with Gasteiger partial charge in [-0.05, 0) is 75.2 Å². The number of carbonyl (C=O) groups is 1. The number of nitrogens with one attached hydrogen (secondary N) is 1. The molecule has 1 amide bonds. The number of fused-ring (bicyclic) bond motifs is 1. The lowest BCUT2D eigenvalue weighted by atomic mass is 10.1. The highest BCUT2D eigenvalue weighted by molar-refractivity contribution is 5.93. The van der Waals surface area contributed by atoms with Gasteiger partial charge < -0.3 is 14.4 Å². The molecule has 5 aromatic rings. The van der Waals surface area contributed by atoms with Crippen LogP contribution in [0.3, 0.4) is 0 Å². The quantitative estimate of drug-likeness (QED) is 0.361. The van der Waals surface area contributed by atoms with Crippen LogP contribution in [0.15, 0.2) is 64.0 Å². The second-order valence-corrected chi connectivity index (χ2v) is 9.08. The number of rotatable bonds is 5. The van der Waals surface area contributed by atoms with Gasteiger partial charge in [0.25, 0.3) is 5.89 Å². The zero-order valence-electron chi connectivity index (χ0n) is 20.8. The van der Waals surface area contributed by atoms with Crippen LogP contribution in [0.4, 0.5) is 10.1 Å². The van der Waals surface area contributed by atoms with E-state index in [2.05, 4.69) is 20.4 Å². The molecule has 5 rings (SSSR count). The van der Waals surface area contributed by atoms with E-state index in [0.29, 0.717) is 22.3 Å². The van der Waals surface area contributed by atoms with E-state index in [-0.39, 0.29) is 41.0 Å². The van der Waals surface area contributed by atoms with E-state index in [1.165, 1.54) is 30.5 Å². The zero-order valence-corrected chi connectivity index (χ0v) is 20.8. The molecule has 0 spiro atoms. The lowest BCUT2D eigenvalue weighted by Crippen LogP contribution is -2.23. The van der Waals surface area contributed by atoms with E-state index >= 15 is 0 Å². The standard InChI is InChI=1S/C28H24FN5O3/c1-15-11-16(2)24(17(3)12-15)31-23(35)14-34-13-22(25(36)21-10-5-18(4)30-27(21)34)28-32-26(33-37-28)19-6-8-20(29)9-7-19/h5-13H,14H2,1-4H3,(H,31,35). The summed E-state index contributed by atoms with van der Waals surface area (Å²) < 4.78 is 20.3. The molecule has 0 aliphatic rings. The average Bonchev–Trinajstić information content (AvgIpc) is 3.33. The third-order valence-corrected chi connectivity index (χ3v) is 6.07. The molecule has 3 aromatic heterocycles. The van der Waals surface area contributed by atoms with Crippen molar-refractivity contribution in [1.29, 1.82) is 0 Å². The van der Waals surface area contributed by atoms with Gasteiger partial charge in [0.1, 0.15) is 23.6 Å². The smallest absolute Gasteiger partial charge is 0.263 e. The van der Waals surface area contributed by atoms with E-state index in [4.69, 9.17) is 4.52 Å². The summed E-state index contributed by atoms with van der Waals surface area (Å²) in [5.74, 6) is -0.453. The molecular weight excluding hydrogens is 473 g/mol. The Morgan fingerprint density at radius 1 is 1.00 bits per heavy atom. The summed E-state index contributed by atoms with van der Waals surface area (Å²) in [7, 11) is 0. The van der Waals surface area contributed by atoms with Crippen LogP contribution in [-0.2, 0) is 11.3 Å². The lowest BCUT2D eigenvalue weighted by Gasteiger charge is -2.15. The van der Waals surface area contributed by atoms with Gasteiger partial charge in [-0.15, -0.1) is 0 Å². The SMILES string of the molecule is Cc1cc(C)c(NC(=O)Cn2cc(-c3nc(-c4ccc(F)cc4)no3)c(=O)c3ccc(C)nc32)c(C)c1. The average molecular weight is 498 g/mol. The molecule has 9 heteroatoms. The van der Waals surface area contributed by atoms with Crippen LogP contribution < -0.4 is 10.7 Å². The fraction of sp³-hybridized carbons (Fsp3) is 0.179. The number of carbonyl (C=O) groups excluding carboxylic acids is 1. The summed E-state index contributed by atoms with van der Waals surface area (Å²) >= 11 is 0. The maximum Gasteiger partial charge on any atom is 0.263 e. The van der Waals surface area contributed by atoms with Crippen molar-refractivity contribution in [1.82, 2.24) is 19.7 Å². The Labute approximate surface area is 211 Å². The van der Waals surface area contributed by atoms with Crippen molar-refractivity contribution < 1.29 is 13.7 Å². The minimum atomic E-state index is -0.387. The minimum Gasteiger partial charge on any atom is -0.333 e.